The zero-order valence-electron chi connectivity index (χ0n) is 14.7. The molecule has 4 aromatic rings. The van der Waals surface area contributed by atoms with Gasteiger partial charge in [-0.05, 0) is 37.5 Å². The van der Waals surface area contributed by atoms with Crippen LogP contribution in [-0.2, 0) is 6.54 Å². The molecule has 1 aliphatic heterocycles. The summed E-state index contributed by atoms with van der Waals surface area (Å²) in [5.41, 5.74) is 3.60. The fourth-order valence-corrected chi connectivity index (χ4v) is 3.77. The van der Waals surface area contributed by atoms with Crippen molar-refractivity contribution in [1.29, 1.82) is 0 Å². The summed E-state index contributed by atoms with van der Waals surface area (Å²) in [6.45, 7) is 1.45. The topological polar surface area (TPSA) is 95.6 Å². The molecule has 2 aromatic heterocycles. The molecule has 1 aliphatic rings. The monoisotopic (exact) mass is 361 g/mol. The fraction of sp³-hybridized carbons (Fsp3) is 0.250. The van der Waals surface area contributed by atoms with Crippen LogP contribution in [0.2, 0.25) is 0 Å². The zero-order valence-corrected chi connectivity index (χ0v) is 14.7. The number of H-pyrrole nitrogens is 2. The summed E-state index contributed by atoms with van der Waals surface area (Å²) >= 11 is 0. The lowest BCUT2D eigenvalue weighted by Gasteiger charge is -2.11. The van der Waals surface area contributed by atoms with Gasteiger partial charge < -0.3 is 10.3 Å². The van der Waals surface area contributed by atoms with Crippen molar-refractivity contribution in [2.75, 3.05) is 11.9 Å². The van der Waals surface area contributed by atoms with E-state index in [1.165, 1.54) is 0 Å². The highest BCUT2D eigenvalue weighted by atomic mass is 16.1. The van der Waals surface area contributed by atoms with E-state index in [9.17, 15) is 9.59 Å². The van der Waals surface area contributed by atoms with Gasteiger partial charge in [0, 0.05) is 18.7 Å². The number of aromatic amines is 2. The largest absolute Gasteiger partial charge is 0.383 e. The Balaban J connectivity index is 1.86. The molecule has 0 unspecified atom stereocenters. The molecule has 3 N–H and O–H groups in total. The molecular weight excluding hydrogens is 342 g/mol. The highest BCUT2D eigenvalue weighted by Crippen LogP contribution is 2.26. The maximum atomic E-state index is 12.7. The maximum absolute atomic E-state index is 12.7. The molecule has 7 heteroatoms. The van der Waals surface area contributed by atoms with E-state index in [2.05, 4.69) is 15.4 Å². The third kappa shape index (κ3) is 2.54. The van der Waals surface area contributed by atoms with Crippen LogP contribution in [0, 0.1) is 0 Å². The molecule has 0 radical (unpaired) electrons. The number of aromatic nitrogens is 4. The number of hydrogen-bond donors (Lipinski definition) is 3. The summed E-state index contributed by atoms with van der Waals surface area (Å²) < 4.78 is 1.63. The van der Waals surface area contributed by atoms with E-state index in [0.29, 0.717) is 34.2 Å². The molecule has 27 heavy (non-hydrogen) atoms. The van der Waals surface area contributed by atoms with Crippen LogP contribution in [0.5, 0.6) is 0 Å². The van der Waals surface area contributed by atoms with Crippen LogP contribution < -0.4 is 16.4 Å². The molecule has 5 rings (SSSR count). The number of rotatable bonds is 0. The van der Waals surface area contributed by atoms with Crippen molar-refractivity contribution in [1.82, 2.24) is 19.7 Å². The molecule has 3 heterocycles. The highest BCUT2D eigenvalue weighted by Gasteiger charge is 2.16. The summed E-state index contributed by atoms with van der Waals surface area (Å²) in [7, 11) is 0. The lowest BCUT2D eigenvalue weighted by atomic mass is 10.1. The van der Waals surface area contributed by atoms with Crippen LogP contribution in [0.15, 0.2) is 46.0 Å². The van der Waals surface area contributed by atoms with E-state index in [1.54, 1.807) is 16.8 Å². The van der Waals surface area contributed by atoms with E-state index in [0.717, 1.165) is 37.0 Å². The van der Waals surface area contributed by atoms with E-state index >= 15 is 0 Å². The van der Waals surface area contributed by atoms with Gasteiger partial charge in [0.2, 0.25) is 0 Å². The van der Waals surface area contributed by atoms with Crippen molar-refractivity contribution >= 4 is 27.6 Å². The van der Waals surface area contributed by atoms with Crippen LogP contribution in [0.25, 0.3) is 33.2 Å². The van der Waals surface area contributed by atoms with Crippen LogP contribution in [-0.4, -0.2) is 26.3 Å². The normalized spacial score (nSPS) is 14.5. The van der Waals surface area contributed by atoms with Gasteiger partial charge >= 0.3 is 0 Å². The van der Waals surface area contributed by atoms with Crippen molar-refractivity contribution in [3.63, 3.8) is 0 Å². The Morgan fingerprint density at radius 1 is 1.00 bits per heavy atom. The molecule has 0 saturated heterocycles. The van der Waals surface area contributed by atoms with E-state index < -0.39 is 0 Å². The summed E-state index contributed by atoms with van der Waals surface area (Å²) in [6.07, 6.45) is 2.92. The van der Waals surface area contributed by atoms with E-state index in [4.69, 9.17) is 4.98 Å². The first-order valence-corrected chi connectivity index (χ1v) is 9.21. The third-order valence-corrected chi connectivity index (χ3v) is 5.14. The second-order valence-corrected chi connectivity index (χ2v) is 6.90. The lowest BCUT2D eigenvalue weighted by Crippen LogP contribution is -2.16. The van der Waals surface area contributed by atoms with Crippen LogP contribution >= 0.6 is 0 Å². The first kappa shape index (κ1) is 15.9. The van der Waals surface area contributed by atoms with Gasteiger partial charge in [-0.3, -0.25) is 19.4 Å². The molecule has 0 saturated carbocycles. The number of anilines is 1. The molecule has 136 valence electrons. The van der Waals surface area contributed by atoms with Gasteiger partial charge in [-0.25, -0.2) is 4.98 Å². The summed E-state index contributed by atoms with van der Waals surface area (Å²) in [6, 6.07) is 11.1. The van der Waals surface area contributed by atoms with Crippen molar-refractivity contribution in [2.45, 2.75) is 25.8 Å². The second-order valence-electron chi connectivity index (χ2n) is 6.90. The minimum Gasteiger partial charge on any atom is -0.383 e. The highest BCUT2D eigenvalue weighted by molar-refractivity contribution is 5.94. The smallest absolute Gasteiger partial charge is 0.275 e. The van der Waals surface area contributed by atoms with Crippen LogP contribution in [0.3, 0.4) is 0 Å². The number of nitrogens with zero attached hydrogens (tertiary/aromatic N) is 2. The van der Waals surface area contributed by atoms with Gasteiger partial charge in [0.15, 0.2) is 0 Å². The Labute approximate surface area is 154 Å². The first-order chi connectivity index (χ1) is 13.2. The quantitative estimate of drug-likeness (QED) is 0.449. The van der Waals surface area contributed by atoms with Gasteiger partial charge in [-0.2, -0.15) is 0 Å². The standard InChI is InChI=1S/C20H19N5O2/c26-19-17-12-6-4-7-13-16(12)24-25(20(13)27)11-3-1-2-10-21-14-8-5-9-15(22-19)18(14)23-17/h4-9,21,24H,1-3,10-11H2,(H,22,26). The van der Waals surface area contributed by atoms with Gasteiger partial charge in [0.05, 0.1) is 22.1 Å². The molecule has 0 atom stereocenters. The minimum absolute atomic E-state index is 0.0576. The number of hydrogen-bond acceptors (Lipinski definition) is 4. The lowest BCUT2D eigenvalue weighted by molar-refractivity contribution is 0.541. The number of fused-ring (bicyclic) bond motifs is 3. The second kappa shape index (κ2) is 6.12. The summed E-state index contributed by atoms with van der Waals surface area (Å²) in [5, 5.41) is 7.20. The molecule has 0 amide bonds. The summed E-state index contributed by atoms with van der Waals surface area (Å²) in [4.78, 5) is 33.1. The average Bonchev–Trinajstić information content (AvgIpc) is 3.00. The van der Waals surface area contributed by atoms with E-state index in [-0.39, 0.29) is 11.1 Å². The van der Waals surface area contributed by atoms with Gasteiger partial charge in [-0.1, -0.05) is 18.2 Å². The SMILES string of the molecule is O=c1[nH]c2cccc3c2nc1-c1cccc2c(=O)n([nH]c12)CCCCCN3. The number of aryl methyl sites for hydroxylation is 1. The Kier molecular flexibility index (Phi) is 3.60. The molecular formula is C20H19N5O2. The van der Waals surface area contributed by atoms with Gasteiger partial charge in [-0.15, -0.1) is 0 Å². The Bertz CT molecular complexity index is 1280. The summed E-state index contributed by atoms with van der Waals surface area (Å²) in [5.74, 6) is 0. The zero-order chi connectivity index (χ0) is 18.4. The molecule has 0 fully saturated rings. The van der Waals surface area contributed by atoms with Crippen LogP contribution in [0.4, 0.5) is 5.69 Å². The maximum Gasteiger partial charge on any atom is 0.275 e. The predicted octanol–water partition coefficient (Wildman–Crippen LogP) is 2.83. The molecule has 7 nitrogen and oxygen atoms in total. The van der Waals surface area contributed by atoms with Crippen molar-refractivity contribution in [2.24, 2.45) is 0 Å². The Hall–Kier alpha value is -3.35. The number of nitrogens with one attached hydrogen (secondary N) is 3. The first-order valence-electron chi connectivity index (χ1n) is 9.21. The Morgan fingerprint density at radius 2 is 1.89 bits per heavy atom. The minimum atomic E-state index is -0.271. The van der Waals surface area contributed by atoms with E-state index in [1.807, 2.05) is 24.3 Å². The number of para-hydroxylation sites is 2. The Morgan fingerprint density at radius 3 is 2.81 bits per heavy atom. The molecule has 0 aliphatic carbocycles. The van der Waals surface area contributed by atoms with Crippen LogP contribution in [0.1, 0.15) is 19.3 Å². The molecule has 2 aromatic carbocycles. The van der Waals surface area contributed by atoms with Crippen molar-refractivity contribution in [3.05, 3.63) is 57.1 Å². The molecule has 4 bridgehead atoms. The predicted molar refractivity (Wildman–Crippen MR) is 106 cm³/mol. The average molecular weight is 361 g/mol. The van der Waals surface area contributed by atoms with Crippen molar-refractivity contribution < 1.29 is 0 Å². The molecule has 0 spiro atoms. The van der Waals surface area contributed by atoms with Crippen molar-refractivity contribution in [3.8, 4) is 11.3 Å². The number of benzene rings is 2. The third-order valence-electron chi connectivity index (χ3n) is 5.14. The van der Waals surface area contributed by atoms with Gasteiger partial charge in [0.1, 0.15) is 11.2 Å². The fourth-order valence-electron chi connectivity index (χ4n) is 3.77. The van der Waals surface area contributed by atoms with Gasteiger partial charge in [0.25, 0.3) is 11.1 Å².